The average Bonchev–Trinajstić information content (AvgIpc) is 2.55. The first kappa shape index (κ1) is 9.94. The molecular weight excluding hydrogens is 206 g/mol. The second-order valence-electron chi connectivity index (χ2n) is 3.70. The predicted octanol–water partition coefficient (Wildman–Crippen LogP) is 2.87. The Kier molecular flexibility index (Phi) is 2.33. The highest BCUT2D eigenvalue weighted by molar-refractivity contribution is 7.19. The lowest BCUT2D eigenvalue weighted by atomic mass is 10.1. The van der Waals surface area contributed by atoms with Crippen LogP contribution in [0.2, 0.25) is 0 Å². The molecular formula is C11H11N3S. The van der Waals surface area contributed by atoms with E-state index >= 15 is 0 Å². The van der Waals surface area contributed by atoms with Gasteiger partial charge in [-0.25, -0.2) is 4.98 Å². The zero-order chi connectivity index (χ0) is 11.0. The van der Waals surface area contributed by atoms with Crippen LogP contribution in [0.15, 0.2) is 12.1 Å². The van der Waals surface area contributed by atoms with Gasteiger partial charge in [0.15, 0.2) is 0 Å². The lowest BCUT2D eigenvalue weighted by molar-refractivity contribution is 0.831. The Balaban J connectivity index is 2.69. The zero-order valence-corrected chi connectivity index (χ0v) is 9.43. The second-order valence-corrected chi connectivity index (χ2v) is 4.70. The van der Waals surface area contributed by atoms with Gasteiger partial charge in [0.05, 0.1) is 5.69 Å². The fourth-order valence-electron chi connectivity index (χ4n) is 1.42. The quantitative estimate of drug-likeness (QED) is 0.798. The summed E-state index contributed by atoms with van der Waals surface area (Å²) >= 11 is 1.36. The predicted molar refractivity (Wildman–Crippen MR) is 62.8 cm³/mol. The molecule has 0 aliphatic carbocycles. The highest BCUT2D eigenvalue weighted by Gasteiger charge is 2.11. The number of fused-ring (bicyclic) bond motifs is 1. The molecule has 76 valence electrons. The summed E-state index contributed by atoms with van der Waals surface area (Å²) in [4.78, 5) is 5.90. The van der Waals surface area contributed by atoms with Gasteiger partial charge in [-0.2, -0.15) is 5.26 Å². The fraction of sp³-hybridized carbons (Fsp3) is 0.273. The van der Waals surface area contributed by atoms with Crippen LogP contribution in [0.25, 0.3) is 10.2 Å². The Labute approximate surface area is 92.2 Å². The Morgan fingerprint density at radius 2 is 2.20 bits per heavy atom. The fourth-order valence-corrected chi connectivity index (χ4v) is 2.31. The van der Waals surface area contributed by atoms with E-state index in [9.17, 15) is 0 Å². The van der Waals surface area contributed by atoms with Crippen molar-refractivity contribution in [3.05, 3.63) is 22.7 Å². The molecule has 0 saturated heterocycles. The van der Waals surface area contributed by atoms with Crippen LogP contribution >= 0.6 is 11.3 Å². The van der Waals surface area contributed by atoms with Gasteiger partial charge in [0.25, 0.3) is 0 Å². The van der Waals surface area contributed by atoms with Gasteiger partial charge in [0, 0.05) is 11.1 Å². The first-order chi connectivity index (χ1) is 7.13. The number of nitrogens with zero attached hydrogens (tertiary/aromatic N) is 2. The van der Waals surface area contributed by atoms with Gasteiger partial charge in [0.1, 0.15) is 15.8 Å². The van der Waals surface area contributed by atoms with Crippen molar-refractivity contribution in [2.75, 3.05) is 5.73 Å². The van der Waals surface area contributed by atoms with Gasteiger partial charge in [-0.3, -0.25) is 0 Å². The lowest BCUT2D eigenvalue weighted by Gasteiger charge is -2.02. The van der Waals surface area contributed by atoms with E-state index in [0.717, 1.165) is 15.9 Å². The van der Waals surface area contributed by atoms with Crippen LogP contribution in [-0.2, 0) is 0 Å². The molecule has 2 rings (SSSR count). The van der Waals surface area contributed by atoms with Crippen LogP contribution in [0, 0.1) is 11.3 Å². The third-order valence-corrected chi connectivity index (χ3v) is 3.33. The minimum absolute atomic E-state index is 0.392. The molecule has 0 bridgehead atoms. The molecule has 3 nitrogen and oxygen atoms in total. The van der Waals surface area contributed by atoms with E-state index in [1.807, 2.05) is 12.1 Å². The smallest absolute Gasteiger partial charge is 0.130 e. The van der Waals surface area contributed by atoms with Crippen molar-refractivity contribution < 1.29 is 0 Å². The number of nitriles is 1. The Bertz CT molecular complexity index is 549. The molecule has 2 N–H and O–H groups in total. The molecule has 4 heteroatoms. The molecule has 2 aromatic rings. The van der Waals surface area contributed by atoms with Crippen LogP contribution < -0.4 is 5.73 Å². The van der Waals surface area contributed by atoms with E-state index in [1.165, 1.54) is 11.3 Å². The number of aromatic nitrogens is 1. The number of pyridine rings is 1. The first-order valence-electron chi connectivity index (χ1n) is 4.72. The molecule has 0 fully saturated rings. The van der Waals surface area contributed by atoms with Gasteiger partial charge in [-0.1, -0.05) is 13.8 Å². The van der Waals surface area contributed by atoms with Gasteiger partial charge < -0.3 is 5.73 Å². The summed E-state index contributed by atoms with van der Waals surface area (Å²) in [5.41, 5.74) is 7.41. The molecule has 0 saturated carbocycles. The summed E-state index contributed by atoms with van der Waals surface area (Å²) < 4.78 is 0. The summed E-state index contributed by atoms with van der Waals surface area (Å²) in [5.74, 6) is 0.392. The SMILES string of the molecule is CC(C)c1ccc2c(N)c(C#N)sc2n1. The lowest BCUT2D eigenvalue weighted by Crippen LogP contribution is -1.91. The van der Waals surface area contributed by atoms with Gasteiger partial charge in [-0.05, 0) is 18.1 Å². The molecule has 0 aromatic carbocycles. The van der Waals surface area contributed by atoms with Crippen molar-refractivity contribution in [1.29, 1.82) is 5.26 Å². The van der Waals surface area contributed by atoms with Gasteiger partial charge in [0.2, 0.25) is 0 Å². The standard InChI is InChI=1S/C11H11N3S/c1-6(2)8-4-3-7-10(13)9(5-12)15-11(7)14-8/h3-4,6H,13H2,1-2H3. The Morgan fingerprint density at radius 3 is 2.80 bits per heavy atom. The van der Waals surface area contributed by atoms with Crippen LogP contribution in [0.3, 0.4) is 0 Å². The van der Waals surface area contributed by atoms with Crippen molar-refractivity contribution in [3.63, 3.8) is 0 Å². The van der Waals surface area contributed by atoms with Crippen molar-refractivity contribution in [2.45, 2.75) is 19.8 Å². The third-order valence-electron chi connectivity index (χ3n) is 2.31. The maximum absolute atomic E-state index is 8.85. The molecule has 0 aliphatic rings. The second kappa shape index (κ2) is 3.52. The highest BCUT2D eigenvalue weighted by Crippen LogP contribution is 2.32. The van der Waals surface area contributed by atoms with Crippen LogP contribution in [0.1, 0.15) is 30.3 Å². The van der Waals surface area contributed by atoms with Crippen LogP contribution in [0.4, 0.5) is 5.69 Å². The number of thiophene rings is 1. The van der Waals surface area contributed by atoms with Crippen molar-refractivity contribution in [2.24, 2.45) is 0 Å². The van der Waals surface area contributed by atoms with Crippen molar-refractivity contribution in [1.82, 2.24) is 4.98 Å². The van der Waals surface area contributed by atoms with E-state index in [4.69, 9.17) is 11.0 Å². The molecule has 0 amide bonds. The minimum Gasteiger partial charge on any atom is -0.396 e. The van der Waals surface area contributed by atoms with E-state index in [0.29, 0.717) is 16.5 Å². The molecule has 2 aromatic heterocycles. The molecule has 0 unspecified atom stereocenters. The van der Waals surface area contributed by atoms with Gasteiger partial charge in [-0.15, -0.1) is 11.3 Å². The van der Waals surface area contributed by atoms with E-state index in [2.05, 4.69) is 24.9 Å². The normalized spacial score (nSPS) is 10.8. The van der Waals surface area contributed by atoms with E-state index < -0.39 is 0 Å². The molecule has 15 heavy (non-hydrogen) atoms. The Morgan fingerprint density at radius 1 is 1.47 bits per heavy atom. The summed E-state index contributed by atoms with van der Waals surface area (Å²) in [6.07, 6.45) is 0. The summed E-state index contributed by atoms with van der Waals surface area (Å²) in [5, 5.41) is 9.74. The molecule has 0 atom stereocenters. The Hall–Kier alpha value is -1.60. The van der Waals surface area contributed by atoms with Crippen LogP contribution in [0.5, 0.6) is 0 Å². The van der Waals surface area contributed by atoms with Crippen molar-refractivity contribution >= 4 is 27.2 Å². The molecule has 2 heterocycles. The number of nitrogen functional groups attached to an aromatic ring is 1. The number of hydrogen-bond donors (Lipinski definition) is 1. The zero-order valence-electron chi connectivity index (χ0n) is 8.61. The van der Waals surface area contributed by atoms with Crippen molar-refractivity contribution in [3.8, 4) is 6.07 Å². The highest BCUT2D eigenvalue weighted by atomic mass is 32.1. The third kappa shape index (κ3) is 1.55. The topological polar surface area (TPSA) is 62.7 Å². The first-order valence-corrected chi connectivity index (χ1v) is 5.54. The molecule has 0 radical (unpaired) electrons. The van der Waals surface area contributed by atoms with Gasteiger partial charge >= 0.3 is 0 Å². The minimum atomic E-state index is 0.392. The number of nitrogens with two attached hydrogens (primary N) is 1. The number of hydrogen-bond acceptors (Lipinski definition) is 4. The molecule has 0 aliphatic heterocycles. The number of rotatable bonds is 1. The number of anilines is 1. The van der Waals surface area contributed by atoms with E-state index in [1.54, 1.807) is 0 Å². The monoisotopic (exact) mass is 217 g/mol. The van der Waals surface area contributed by atoms with Crippen LogP contribution in [-0.4, -0.2) is 4.98 Å². The maximum Gasteiger partial charge on any atom is 0.130 e. The molecule has 0 spiro atoms. The average molecular weight is 217 g/mol. The summed E-state index contributed by atoms with van der Waals surface area (Å²) in [6, 6.07) is 6.01. The summed E-state index contributed by atoms with van der Waals surface area (Å²) in [6.45, 7) is 4.19. The largest absolute Gasteiger partial charge is 0.396 e. The maximum atomic E-state index is 8.85. The summed E-state index contributed by atoms with van der Waals surface area (Å²) in [7, 11) is 0. The van der Waals surface area contributed by atoms with E-state index in [-0.39, 0.29) is 0 Å².